The summed E-state index contributed by atoms with van der Waals surface area (Å²) in [5, 5.41) is 0.663. The number of nitrogen functional groups attached to an aromatic ring is 1. The highest BCUT2D eigenvalue weighted by Gasteiger charge is 2.10. The molecule has 5 heteroatoms. The fourth-order valence-corrected chi connectivity index (χ4v) is 1.49. The average Bonchev–Trinajstić information content (AvgIpc) is 2.61. The van der Waals surface area contributed by atoms with Crippen LogP contribution >= 0.6 is 23.2 Å². The Morgan fingerprint density at radius 1 is 1.27 bits per heavy atom. The van der Waals surface area contributed by atoms with Crippen molar-refractivity contribution in [2.45, 2.75) is 5.88 Å². The summed E-state index contributed by atoms with van der Waals surface area (Å²) in [5.74, 6) is 0.956. The molecule has 78 valence electrons. The zero-order chi connectivity index (χ0) is 10.8. The first-order valence-corrected chi connectivity index (χ1v) is 5.19. The molecule has 2 rings (SSSR count). The summed E-state index contributed by atoms with van der Waals surface area (Å²) in [5.41, 5.74) is 6.96. The standard InChI is InChI=1S/C10H8Cl2N2O/c11-5-8-9(13)15-10(14-8)6-1-3-7(12)4-2-6/h1-4H,5,13H2. The number of aromatic nitrogens is 1. The summed E-state index contributed by atoms with van der Waals surface area (Å²) in [6, 6.07) is 7.15. The van der Waals surface area contributed by atoms with Gasteiger partial charge in [0.15, 0.2) is 0 Å². The van der Waals surface area contributed by atoms with E-state index < -0.39 is 0 Å². The van der Waals surface area contributed by atoms with Crippen molar-refractivity contribution in [1.29, 1.82) is 0 Å². The molecular formula is C10H8Cl2N2O. The van der Waals surface area contributed by atoms with Crippen LogP contribution in [0.25, 0.3) is 11.5 Å². The Morgan fingerprint density at radius 3 is 2.47 bits per heavy atom. The minimum absolute atomic E-state index is 0.239. The Labute approximate surface area is 96.8 Å². The number of anilines is 1. The first-order valence-electron chi connectivity index (χ1n) is 4.28. The second-order valence-electron chi connectivity index (χ2n) is 2.97. The quantitative estimate of drug-likeness (QED) is 0.823. The normalized spacial score (nSPS) is 10.5. The number of benzene rings is 1. The van der Waals surface area contributed by atoms with Gasteiger partial charge in [-0.25, -0.2) is 4.98 Å². The molecule has 0 bridgehead atoms. The Morgan fingerprint density at radius 2 is 1.93 bits per heavy atom. The van der Waals surface area contributed by atoms with E-state index in [0.717, 1.165) is 5.56 Å². The Bertz CT molecular complexity index is 465. The first kappa shape index (κ1) is 10.3. The van der Waals surface area contributed by atoms with Gasteiger partial charge in [-0.05, 0) is 24.3 Å². The van der Waals surface area contributed by atoms with Gasteiger partial charge in [-0.3, -0.25) is 0 Å². The molecule has 0 aliphatic heterocycles. The highest BCUT2D eigenvalue weighted by atomic mass is 35.5. The number of nitrogens with two attached hydrogens (primary N) is 1. The van der Waals surface area contributed by atoms with E-state index in [1.165, 1.54) is 0 Å². The van der Waals surface area contributed by atoms with Crippen LogP contribution in [-0.2, 0) is 5.88 Å². The Balaban J connectivity index is 2.41. The molecule has 0 unspecified atom stereocenters. The number of hydrogen-bond donors (Lipinski definition) is 1. The molecule has 0 saturated carbocycles. The van der Waals surface area contributed by atoms with E-state index in [2.05, 4.69) is 4.98 Å². The maximum atomic E-state index is 5.77. The van der Waals surface area contributed by atoms with Gasteiger partial charge in [0.2, 0.25) is 11.8 Å². The topological polar surface area (TPSA) is 52.0 Å². The SMILES string of the molecule is Nc1oc(-c2ccc(Cl)cc2)nc1CCl. The van der Waals surface area contributed by atoms with Crippen LogP contribution in [0.5, 0.6) is 0 Å². The largest absolute Gasteiger partial charge is 0.421 e. The van der Waals surface area contributed by atoms with Gasteiger partial charge in [0.25, 0.3) is 0 Å². The predicted molar refractivity (Wildman–Crippen MR) is 60.9 cm³/mol. The van der Waals surface area contributed by atoms with Gasteiger partial charge < -0.3 is 10.2 Å². The summed E-state index contributed by atoms with van der Waals surface area (Å²) < 4.78 is 5.27. The van der Waals surface area contributed by atoms with Crippen molar-refractivity contribution < 1.29 is 4.42 Å². The van der Waals surface area contributed by atoms with Gasteiger partial charge in [-0.15, -0.1) is 11.6 Å². The maximum Gasteiger partial charge on any atom is 0.229 e. The third-order valence-corrected chi connectivity index (χ3v) is 2.45. The maximum absolute atomic E-state index is 5.77. The molecule has 15 heavy (non-hydrogen) atoms. The number of oxazole rings is 1. The molecule has 0 atom stereocenters. The molecule has 1 heterocycles. The van der Waals surface area contributed by atoms with E-state index in [1.54, 1.807) is 12.1 Å². The second kappa shape index (κ2) is 4.13. The number of halogens is 2. The van der Waals surface area contributed by atoms with Crippen LogP contribution in [0.15, 0.2) is 28.7 Å². The molecule has 0 saturated heterocycles. The summed E-state index contributed by atoms with van der Waals surface area (Å²) in [6.45, 7) is 0. The second-order valence-corrected chi connectivity index (χ2v) is 3.67. The van der Waals surface area contributed by atoms with E-state index in [-0.39, 0.29) is 11.8 Å². The third kappa shape index (κ3) is 2.08. The molecule has 1 aromatic carbocycles. The van der Waals surface area contributed by atoms with Crippen LogP contribution in [-0.4, -0.2) is 4.98 Å². The van der Waals surface area contributed by atoms with Crippen LogP contribution in [0.4, 0.5) is 5.88 Å². The smallest absolute Gasteiger partial charge is 0.229 e. The van der Waals surface area contributed by atoms with Gasteiger partial charge in [0.1, 0.15) is 5.69 Å². The van der Waals surface area contributed by atoms with Gasteiger partial charge in [0, 0.05) is 10.6 Å². The fraction of sp³-hybridized carbons (Fsp3) is 0.100. The van der Waals surface area contributed by atoms with Crippen LogP contribution in [0.3, 0.4) is 0 Å². The summed E-state index contributed by atoms with van der Waals surface area (Å²) in [6.07, 6.45) is 0. The molecular weight excluding hydrogens is 235 g/mol. The van der Waals surface area contributed by atoms with E-state index >= 15 is 0 Å². The van der Waals surface area contributed by atoms with Crippen molar-refractivity contribution in [3.63, 3.8) is 0 Å². The van der Waals surface area contributed by atoms with Crippen molar-refractivity contribution in [3.8, 4) is 11.5 Å². The van der Waals surface area contributed by atoms with Gasteiger partial charge in [-0.2, -0.15) is 0 Å². The van der Waals surface area contributed by atoms with Crippen molar-refractivity contribution in [1.82, 2.24) is 4.98 Å². The third-order valence-electron chi connectivity index (χ3n) is 1.95. The number of rotatable bonds is 2. The van der Waals surface area contributed by atoms with E-state index in [4.69, 9.17) is 33.4 Å². The summed E-state index contributed by atoms with van der Waals surface area (Å²) in [4.78, 5) is 4.16. The van der Waals surface area contributed by atoms with Crippen LogP contribution in [0.2, 0.25) is 5.02 Å². The number of nitrogens with zero attached hydrogens (tertiary/aromatic N) is 1. The van der Waals surface area contributed by atoms with E-state index in [1.807, 2.05) is 12.1 Å². The zero-order valence-electron chi connectivity index (χ0n) is 7.71. The molecule has 0 fully saturated rings. The zero-order valence-corrected chi connectivity index (χ0v) is 9.22. The molecule has 2 aromatic rings. The van der Waals surface area contributed by atoms with Crippen LogP contribution < -0.4 is 5.73 Å². The molecule has 0 aliphatic carbocycles. The van der Waals surface area contributed by atoms with Crippen LogP contribution in [0.1, 0.15) is 5.69 Å². The summed E-state index contributed by atoms with van der Waals surface area (Å²) in [7, 11) is 0. The lowest BCUT2D eigenvalue weighted by molar-refractivity contribution is 0.593. The molecule has 0 aliphatic rings. The molecule has 1 aromatic heterocycles. The van der Waals surface area contributed by atoms with Crippen molar-refractivity contribution in [3.05, 3.63) is 35.0 Å². The van der Waals surface area contributed by atoms with Gasteiger partial charge in [0.05, 0.1) is 5.88 Å². The molecule has 0 radical (unpaired) electrons. The predicted octanol–water partition coefficient (Wildman–Crippen LogP) is 3.32. The van der Waals surface area contributed by atoms with Crippen LogP contribution in [0, 0.1) is 0 Å². The van der Waals surface area contributed by atoms with E-state index in [9.17, 15) is 0 Å². The van der Waals surface area contributed by atoms with Crippen molar-refractivity contribution in [2.24, 2.45) is 0 Å². The monoisotopic (exact) mass is 242 g/mol. The fourth-order valence-electron chi connectivity index (χ4n) is 1.18. The van der Waals surface area contributed by atoms with Gasteiger partial charge >= 0.3 is 0 Å². The van der Waals surface area contributed by atoms with Crippen molar-refractivity contribution >= 4 is 29.1 Å². The molecule has 0 amide bonds. The average molecular weight is 243 g/mol. The molecule has 2 N–H and O–H groups in total. The van der Waals surface area contributed by atoms with Crippen molar-refractivity contribution in [2.75, 3.05) is 5.73 Å². The lowest BCUT2D eigenvalue weighted by Gasteiger charge is -1.94. The van der Waals surface area contributed by atoms with Gasteiger partial charge in [-0.1, -0.05) is 11.6 Å². The minimum atomic E-state index is 0.239. The van der Waals surface area contributed by atoms with E-state index in [0.29, 0.717) is 16.6 Å². The molecule has 3 nitrogen and oxygen atoms in total. The first-order chi connectivity index (χ1) is 7.20. The Kier molecular flexibility index (Phi) is 2.84. The lowest BCUT2D eigenvalue weighted by Crippen LogP contribution is -1.86. The lowest BCUT2D eigenvalue weighted by atomic mass is 10.2. The molecule has 0 spiro atoms. The number of hydrogen-bond acceptors (Lipinski definition) is 3. The minimum Gasteiger partial charge on any atom is -0.421 e. The summed E-state index contributed by atoms with van der Waals surface area (Å²) >= 11 is 11.4. The number of alkyl halides is 1. The highest BCUT2D eigenvalue weighted by Crippen LogP contribution is 2.25. The Hall–Kier alpha value is -1.19. The highest BCUT2D eigenvalue weighted by molar-refractivity contribution is 6.30.